The van der Waals surface area contributed by atoms with Gasteiger partial charge in [-0.2, -0.15) is 4.31 Å². The summed E-state index contributed by atoms with van der Waals surface area (Å²) < 4.78 is 27.5. The highest BCUT2D eigenvalue weighted by molar-refractivity contribution is 7.89. The number of nitrogens with one attached hydrogen (secondary N) is 1. The van der Waals surface area contributed by atoms with Crippen LogP contribution in [-0.4, -0.2) is 30.8 Å². The third-order valence-corrected chi connectivity index (χ3v) is 6.34. The Labute approximate surface area is 121 Å². The van der Waals surface area contributed by atoms with Gasteiger partial charge in [0, 0.05) is 13.1 Å². The van der Waals surface area contributed by atoms with Crippen LogP contribution in [0.15, 0.2) is 27.9 Å². The van der Waals surface area contributed by atoms with Gasteiger partial charge in [0.2, 0.25) is 10.0 Å². The van der Waals surface area contributed by atoms with Crippen molar-refractivity contribution in [2.75, 3.05) is 13.1 Å². The van der Waals surface area contributed by atoms with E-state index in [1.165, 1.54) is 0 Å². The van der Waals surface area contributed by atoms with Gasteiger partial charge in [-0.3, -0.25) is 4.79 Å². The van der Waals surface area contributed by atoms with Gasteiger partial charge in [0.1, 0.15) is 0 Å². The third-order valence-electron chi connectivity index (χ3n) is 3.60. The Bertz CT molecular complexity index is 768. The van der Waals surface area contributed by atoms with Crippen LogP contribution in [-0.2, 0) is 10.0 Å². The van der Waals surface area contributed by atoms with E-state index in [0.717, 1.165) is 37.0 Å². The van der Waals surface area contributed by atoms with E-state index < -0.39 is 10.0 Å². The fraction of sp³-hybridized carbons (Fsp3) is 0.462. The van der Waals surface area contributed by atoms with E-state index in [9.17, 15) is 13.2 Å². The summed E-state index contributed by atoms with van der Waals surface area (Å²) in [4.78, 5) is 14.1. The number of aromatic nitrogens is 1. The normalized spacial score (nSPS) is 18.2. The van der Waals surface area contributed by atoms with Crippen LogP contribution in [0.25, 0.3) is 10.2 Å². The second-order valence-corrected chi connectivity index (χ2v) is 7.94. The Morgan fingerprint density at radius 2 is 1.80 bits per heavy atom. The van der Waals surface area contributed by atoms with E-state index in [-0.39, 0.29) is 9.77 Å². The van der Waals surface area contributed by atoms with Gasteiger partial charge in [0.15, 0.2) is 0 Å². The topological polar surface area (TPSA) is 70.2 Å². The summed E-state index contributed by atoms with van der Waals surface area (Å²) in [6.45, 7) is 1.17. The van der Waals surface area contributed by atoms with E-state index in [1.807, 2.05) is 0 Å². The van der Waals surface area contributed by atoms with Crippen molar-refractivity contribution in [2.24, 2.45) is 0 Å². The molecule has 0 unspecified atom stereocenters. The number of fused-ring (bicyclic) bond motifs is 1. The Kier molecular flexibility index (Phi) is 3.66. The minimum atomic E-state index is -3.44. The molecule has 0 saturated carbocycles. The lowest BCUT2D eigenvalue weighted by molar-refractivity contribution is 0.424. The molecule has 1 fully saturated rings. The van der Waals surface area contributed by atoms with E-state index >= 15 is 0 Å². The van der Waals surface area contributed by atoms with E-state index in [0.29, 0.717) is 23.3 Å². The monoisotopic (exact) mass is 312 g/mol. The highest BCUT2D eigenvalue weighted by Crippen LogP contribution is 2.24. The number of nitrogens with zero attached hydrogens (tertiary/aromatic N) is 1. The third kappa shape index (κ3) is 2.53. The summed E-state index contributed by atoms with van der Waals surface area (Å²) in [6.07, 6.45) is 4.01. The van der Waals surface area contributed by atoms with Crippen molar-refractivity contribution in [3.05, 3.63) is 27.9 Å². The summed E-state index contributed by atoms with van der Waals surface area (Å²) in [6, 6.07) is 4.83. The van der Waals surface area contributed by atoms with Crippen LogP contribution in [0.5, 0.6) is 0 Å². The van der Waals surface area contributed by atoms with Crippen LogP contribution in [0.4, 0.5) is 0 Å². The van der Waals surface area contributed by atoms with Crippen molar-refractivity contribution in [1.29, 1.82) is 0 Å². The fourth-order valence-electron chi connectivity index (χ4n) is 2.52. The van der Waals surface area contributed by atoms with Gasteiger partial charge in [0.05, 0.1) is 15.1 Å². The molecule has 1 saturated heterocycles. The van der Waals surface area contributed by atoms with E-state index in [2.05, 4.69) is 4.98 Å². The minimum absolute atomic E-state index is 0.163. The number of aromatic amines is 1. The van der Waals surface area contributed by atoms with Gasteiger partial charge in [-0.15, -0.1) is 0 Å². The summed E-state index contributed by atoms with van der Waals surface area (Å²) >= 11 is 1.04. The van der Waals surface area contributed by atoms with Crippen LogP contribution in [0.3, 0.4) is 0 Å². The molecular formula is C13H16N2O3S2. The number of hydrogen-bond donors (Lipinski definition) is 1. The van der Waals surface area contributed by atoms with Gasteiger partial charge in [0.25, 0.3) is 0 Å². The minimum Gasteiger partial charge on any atom is -0.312 e. The van der Waals surface area contributed by atoms with E-state index in [1.54, 1.807) is 22.5 Å². The molecule has 2 aromatic rings. The van der Waals surface area contributed by atoms with Gasteiger partial charge in [-0.05, 0) is 31.0 Å². The molecule has 1 aliphatic rings. The highest BCUT2D eigenvalue weighted by atomic mass is 32.2. The van der Waals surface area contributed by atoms with Gasteiger partial charge >= 0.3 is 4.87 Å². The second kappa shape index (κ2) is 5.31. The van der Waals surface area contributed by atoms with Crippen LogP contribution < -0.4 is 4.87 Å². The summed E-state index contributed by atoms with van der Waals surface area (Å²) in [7, 11) is -3.44. The predicted molar refractivity (Wildman–Crippen MR) is 79.7 cm³/mol. The quantitative estimate of drug-likeness (QED) is 0.923. The lowest BCUT2D eigenvalue weighted by Crippen LogP contribution is -2.31. The summed E-state index contributed by atoms with van der Waals surface area (Å²) in [5.74, 6) is 0. The van der Waals surface area contributed by atoms with Gasteiger partial charge < -0.3 is 4.98 Å². The molecule has 0 atom stereocenters. The number of sulfonamides is 1. The fourth-order valence-corrected chi connectivity index (χ4v) is 4.91. The molecule has 5 nitrogen and oxygen atoms in total. The van der Waals surface area contributed by atoms with Crippen molar-refractivity contribution in [3.63, 3.8) is 0 Å². The maximum absolute atomic E-state index is 12.6. The Morgan fingerprint density at radius 1 is 1.10 bits per heavy atom. The Balaban J connectivity index is 2.01. The Hall–Kier alpha value is -1.18. The molecule has 0 spiro atoms. The molecule has 0 aliphatic carbocycles. The zero-order valence-corrected chi connectivity index (χ0v) is 12.6. The molecule has 1 aromatic carbocycles. The average Bonchev–Trinajstić information content (AvgIpc) is 2.63. The molecule has 0 radical (unpaired) electrons. The molecule has 0 bridgehead atoms. The molecule has 0 amide bonds. The number of thiazole rings is 1. The number of H-pyrrole nitrogens is 1. The molecule has 7 heteroatoms. The maximum Gasteiger partial charge on any atom is 0.305 e. The lowest BCUT2D eigenvalue weighted by atomic mass is 10.2. The first-order valence-electron chi connectivity index (χ1n) is 6.70. The lowest BCUT2D eigenvalue weighted by Gasteiger charge is -2.19. The first kappa shape index (κ1) is 13.8. The average molecular weight is 312 g/mol. The van der Waals surface area contributed by atoms with Crippen molar-refractivity contribution < 1.29 is 8.42 Å². The van der Waals surface area contributed by atoms with Crippen molar-refractivity contribution in [3.8, 4) is 0 Å². The number of rotatable bonds is 2. The summed E-state index contributed by atoms with van der Waals surface area (Å²) in [5, 5.41) is 0. The predicted octanol–water partition coefficient (Wildman–Crippen LogP) is 2.15. The first-order valence-corrected chi connectivity index (χ1v) is 8.96. The Morgan fingerprint density at radius 3 is 2.50 bits per heavy atom. The zero-order chi connectivity index (χ0) is 14.2. The van der Waals surface area contributed by atoms with Crippen LogP contribution in [0.2, 0.25) is 0 Å². The molecule has 2 heterocycles. The molecule has 1 aromatic heterocycles. The number of hydrogen-bond acceptors (Lipinski definition) is 4. The smallest absolute Gasteiger partial charge is 0.305 e. The molecular weight excluding hydrogens is 296 g/mol. The van der Waals surface area contributed by atoms with Crippen LogP contribution in [0.1, 0.15) is 25.7 Å². The molecule has 108 valence electrons. The van der Waals surface area contributed by atoms with Crippen LogP contribution in [0, 0.1) is 0 Å². The van der Waals surface area contributed by atoms with Gasteiger partial charge in [-0.25, -0.2) is 8.42 Å². The zero-order valence-electron chi connectivity index (χ0n) is 11.0. The largest absolute Gasteiger partial charge is 0.312 e. The summed E-state index contributed by atoms with van der Waals surface area (Å²) in [5.41, 5.74) is 0.690. The number of benzene rings is 1. The first-order chi connectivity index (χ1) is 9.57. The molecule has 1 N–H and O–H groups in total. The standard InChI is InChI=1S/C13H16N2O3S2/c16-13-14-11-6-5-10(9-12(11)19-13)20(17,18)15-7-3-1-2-4-8-15/h5-6,9H,1-4,7-8H2,(H,14,16). The van der Waals surface area contributed by atoms with Gasteiger partial charge in [-0.1, -0.05) is 24.2 Å². The van der Waals surface area contributed by atoms with E-state index in [4.69, 9.17) is 0 Å². The van der Waals surface area contributed by atoms with Crippen molar-refractivity contribution in [2.45, 2.75) is 30.6 Å². The highest BCUT2D eigenvalue weighted by Gasteiger charge is 2.25. The second-order valence-electron chi connectivity index (χ2n) is 4.99. The van der Waals surface area contributed by atoms with Crippen LogP contribution >= 0.6 is 11.3 Å². The molecule has 20 heavy (non-hydrogen) atoms. The SMILES string of the molecule is O=c1[nH]c2ccc(S(=O)(=O)N3CCCCCC3)cc2s1. The van der Waals surface area contributed by atoms with Crippen molar-refractivity contribution >= 4 is 31.6 Å². The molecule has 1 aliphatic heterocycles. The van der Waals surface area contributed by atoms with Crippen molar-refractivity contribution in [1.82, 2.24) is 9.29 Å². The molecule has 3 rings (SSSR count). The maximum atomic E-state index is 12.6.